The van der Waals surface area contributed by atoms with Crippen molar-refractivity contribution in [2.45, 2.75) is 13.0 Å². The minimum Gasteiger partial charge on any atom is -0.338 e. The van der Waals surface area contributed by atoms with Gasteiger partial charge in [0.15, 0.2) is 0 Å². The number of nitrogens with zero attached hydrogens (tertiary/aromatic N) is 3. The molecule has 0 aliphatic rings. The minimum absolute atomic E-state index is 0.0126. The van der Waals surface area contributed by atoms with Gasteiger partial charge in [-0.2, -0.15) is 5.10 Å². The molecule has 0 bridgehead atoms. The molecule has 0 aliphatic heterocycles. The van der Waals surface area contributed by atoms with Gasteiger partial charge in [-0.1, -0.05) is 11.6 Å². The lowest BCUT2D eigenvalue weighted by Crippen LogP contribution is -2.39. The van der Waals surface area contributed by atoms with Crippen molar-refractivity contribution in [2.24, 2.45) is 5.73 Å². The van der Waals surface area contributed by atoms with Crippen LogP contribution in [0, 0.1) is 0 Å². The van der Waals surface area contributed by atoms with Gasteiger partial charge in [-0.3, -0.25) is 4.79 Å². The summed E-state index contributed by atoms with van der Waals surface area (Å²) in [7, 11) is 1.74. The van der Waals surface area contributed by atoms with Crippen LogP contribution in [0.3, 0.4) is 0 Å². The van der Waals surface area contributed by atoms with Crippen molar-refractivity contribution in [1.82, 2.24) is 14.7 Å². The van der Waals surface area contributed by atoms with E-state index >= 15 is 0 Å². The monoisotopic (exact) mass is 292 g/mol. The molecule has 1 unspecified atom stereocenters. The van der Waals surface area contributed by atoms with Crippen molar-refractivity contribution in [1.29, 1.82) is 0 Å². The molecule has 1 atom stereocenters. The molecule has 6 heteroatoms. The molecule has 0 radical (unpaired) electrons. The SMILES string of the molecule is CC(CN)N(C)C(=O)c1cnn(-c2ccc(Cl)cc2)c1. The molecule has 2 aromatic rings. The second-order valence-electron chi connectivity index (χ2n) is 4.65. The number of rotatable bonds is 4. The summed E-state index contributed by atoms with van der Waals surface area (Å²) in [5.74, 6) is -0.0943. The van der Waals surface area contributed by atoms with Gasteiger partial charge in [-0.05, 0) is 31.2 Å². The highest BCUT2D eigenvalue weighted by Crippen LogP contribution is 2.14. The van der Waals surface area contributed by atoms with Crippen LogP contribution in [0.4, 0.5) is 0 Å². The summed E-state index contributed by atoms with van der Waals surface area (Å²) in [4.78, 5) is 13.9. The van der Waals surface area contributed by atoms with Gasteiger partial charge in [-0.15, -0.1) is 0 Å². The molecule has 106 valence electrons. The first-order valence-corrected chi connectivity index (χ1v) is 6.68. The molecule has 1 heterocycles. The average molecular weight is 293 g/mol. The molecule has 2 N–H and O–H groups in total. The quantitative estimate of drug-likeness (QED) is 0.937. The molecule has 0 fully saturated rings. The van der Waals surface area contributed by atoms with Gasteiger partial charge in [0.1, 0.15) is 0 Å². The number of hydrogen-bond donors (Lipinski definition) is 1. The molecule has 5 nitrogen and oxygen atoms in total. The summed E-state index contributed by atoms with van der Waals surface area (Å²) in [6, 6.07) is 7.23. The van der Waals surface area contributed by atoms with Gasteiger partial charge in [0.25, 0.3) is 5.91 Å². The highest BCUT2D eigenvalue weighted by Gasteiger charge is 2.18. The van der Waals surface area contributed by atoms with E-state index in [1.54, 1.807) is 41.2 Å². The Labute approximate surface area is 122 Å². The van der Waals surface area contributed by atoms with Crippen molar-refractivity contribution < 1.29 is 4.79 Å². The third-order valence-corrected chi connectivity index (χ3v) is 3.50. The second-order valence-corrected chi connectivity index (χ2v) is 5.09. The Morgan fingerprint density at radius 2 is 2.10 bits per heavy atom. The van der Waals surface area contributed by atoms with Crippen LogP contribution in [0.2, 0.25) is 5.02 Å². The first kappa shape index (κ1) is 14.6. The van der Waals surface area contributed by atoms with Gasteiger partial charge < -0.3 is 10.6 Å². The van der Waals surface area contributed by atoms with Gasteiger partial charge in [-0.25, -0.2) is 4.68 Å². The Balaban J connectivity index is 2.20. The number of benzene rings is 1. The second kappa shape index (κ2) is 6.07. The number of aromatic nitrogens is 2. The van der Waals surface area contributed by atoms with Crippen molar-refractivity contribution in [3.8, 4) is 5.69 Å². The summed E-state index contributed by atoms with van der Waals surface area (Å²) in [5, 5.41) is 4.86. The smallest absolute Gasteiger partial charge is 0.257 e. The predicted octanol–water partition coefficient (Wildman–Crippen LogP) is 1.94. The lowest BCUT2D eigenvalue weighted by Gasteiger charge is -2.22. The summed E-state index contributed by atoms with van der Waals surface area (Å²) in [5.41, 5.74) is 6.95. The van der Waals surface area contributed by atoms with E-state index in [9.17, 15) is 4.79 Å². The number of likely N-dealkylation sites (N-methyl/N-ethyl adjacent to an activating group) is 1. The van der Waals surface area contributed by atoms with Crippen LogP contribution in [0.5, 0.6) is 0 Å². The van der Waals surface area contributed by atoms with E-state index in [2.05, 4.69) is 5.10 Å². The van der Waals surface area contributed by atoms with Gasteiger partial charge >= 0.3 is 0 Å². The van der Waals surface area contributed by atoms with Crippen LogP contribution in [0.1, 0.15) is 17.3 Å². The van der Waals surface area contributed by atoms with Crippen LogP contribution in [-0.4, -0.2) is 40.2 Å². The summed E-state index contributed by atoms with van der Waals surface area (Å²) in [6.07, 6.45) is 3.25. The minimum atomic E-state index is -0.0943. The lowest BCUT2D eigenvalue weighted by molar-refractivity contribution is 0.0748. The predicted molar refractivity (Wildman–Crippen MR) is 79.2 cm³/mol. The topological polar surface area (TPSA) is 64.2 Å². The Morgan fingerprint density at radius 3 is 2.70 bits per heavy atom. The molecule has 1 aromatic heterocycles. The van der Waals surface area contributed by atoms with Crippen molar-refractivity contribution in [3.05, 3.63) is 47.2 Å². The van der Waals surface area contributed by atoms with E-state index in [1.807, 2.05) is 19.1 Å². The Morgan fingerprint density at radius 1 is 1.45 bits per heavy atom. The first-order chi connectivity index (χ1) is 9.52. The third-order valence-electron chi connectivity index (χ3n) is 3.24. The zero-order valence-corrected chi connectivity index (χ0v) is 12.2. The molecule has 1 aromatic carbocycles. The molecular weight excluding hydrogens is 276 g/mol. The van der Waals surface area contributed by atoms with Gasteiger partial charge in [0, 0.05) is 30.9 Å². The van der Waals surface area contributed by atoms with Crippen molar-refractivity contribution in [3.63, 3.8) is 0 Å². The largest absolute Gasteiger partial charge is 0.338 e. The zero-order chi connectivity index (χ0) is 14.7. The molecular formula is C14H17ClN4O. The zero-order valence-electron chi connectivity index (χ0n) is 11.5. The highest BCUT2D eigenvalue weighted by atomic mass is 35.5. The van der Waals surface area contributed by atoms with Crippen molar-refractivity contribution in [2.75, 3.05) is 13.6 Å². The summed E-state index contributed by atoms with van der Waals surface area (Å²) in [6.45, 7) is 2.33. The fraction of sp³-hybridized carbons (Fsp3) is 0.286. The number of hydrogen-bond acceptors (Lipinski definition) is 3. The van der Waals surface area contributed by atoms with E-state index in [0.717, 1.165) is 5.69 Å². The number of carbonyl (C=O) groups is 1. The number of carbonyl (C=O) groups excluding carboxylic acids is 1. The van der Waals surface area contributed by atoms with Crippen LogP contribution in [-0.2, 0) is 0 Å². The third kappa shape index (κ3) is 3.00. The van der Waals surface area contributed by atoms with Gasteiger partial charge in [0.2, 0.25) is 0 Å². The van der Waals surface area contributed by atoms with E-state index in [1.165, 1.54) is 0 Å². The maximum Gasteiger partial charge on any atom is 0.257 e. The highest BCUT2D eigenvalue weighted by molar-refractivity contribution is 6.30. The fourth-order valence-electron chi connectivity index (χ4n) is 1.73. The molecule has 0 spiro atoms. The molecule has 0 saturated carbocycles. The number of halogens is 1. The molecule has 20 heavy (non-hydrogen) atoms. The number of amides is 1. The maximum atomic E-state index is 12.2. The van der Waals surface area contributed by atoms with Crippen LogP contribution >= 0.6 is 11.6 Å². The van der Waals surface area contributed by atoms with E-state index in [0.29, 0.717) is 17.1 Å². The first-order valence-electron chi connectivity index (χ1n) is 6.30. The van der Waals surface area contributed by atoms with E-state index < -0.39 is 0 Å². The fourth-order valence-corrected chi connectivity index (χ4v) is 1.86. The van der Waals surface area contributed by atoms with E-state index in [4.69, 9.17) is 17.3 Å². The summed E-state index contributed by atoms with van der Waals surface area (Å²) < 4.78 is 1.64. The van der Waals surface area contributed by atoms with Crippen molar-refractivity contribution >= 4 is 17.5 Å². The van der Waals surface area contributed by atoms with Crippen LogP contribution in [0.25, 0.3) is 5.69 Å². The van der Waals surface area contributed by atoms with E-state index in [-0.39, 0.29) is 11.9 Å². The maximum absolute atomic E-state index is 12.2. The standard InChI is InChI=1S/C14H17ClN4O/c1-10(7-16)18(2)14(20)11-8-17-19(9-11)13-5-3-12(15)4-6-13/h3-6,8-10H,7,16H2,1-2H3. The van der Waals surface area contributed by atoms with Crippen LogP contribution < -0.4 is 5.73 Å². The van der Waals surface area contributed by atoms with Crippen LogP contribution in [0.15, 0.2) is 36.7 Å². The Hall–Kier alpha value is -1.85. The number of nitrogens with two attached hydrogens (primary N) is 1. The average Bonchev–Trinajstić information content (AvgIpc) is 2.95. The molecule has 1 amide bonds. The molecule has 0 saturated heterocycles. The van der Waals surface area contributed by atoms with Gasteiger partial charge in [0.05, 0.1) is 17.4 Å². The normalized spacial score (nSPS) is 12.2. The Bertz CT molecular complexity index is 593. The molecule has 0 aliphatic carbocycles. The lowest BCUT2D eigenvalue weighted by atomic mass is 10.2. The molecule has 2 rings (SSSR count). The Kier molecular flexibility index (Phi) is 4.42. The summed E-state index contributed by atoms with van der Waals surface area (Å²) >= 11 is 5.84.